The predicted molar refractivity (Wildman–Crippen MR) is 110 cm³/mol. The fourth-order valence-corrected chi connectivity index (χ4v) is 3.04. The Kier molecular flexibility index (Phi) is 14.7. The van der Waals surface area contributed by atoms with Gasteiger partial charge in [0, 0.05) is 49.5 Å². The molecule has 0 spiro atoms. The summed E-state index contributed by atoms with van der Waals surface area (Å²) < 4.78 is -1.45. The standard InChI is InChI=1S/C10H10Cl4.C10H14.2Ru/c1-6(2)7-3-4-8(9(11)5-7)10(12,13)14;1-8(2)10-6-4-9(3)5-7-10;;/h3-6H,1-2H3;4-8H,1-3H3;;. The van der Waals surface area contributed by atoms with Crippen molar-refractivity contribution in [3.05, 3.63) is 69.7 Å². The fraction of sp³-hybridized carbons (Fsp3) is 0.400. The minimum Gasteiger partial charge on any atom is -0.0839 e. The van der Waals surface area contributed by atoms with Gasteiger partial charge in [-0.1, -0.05) is 116 Å². The molecule has 0 fully saturated rings. The van der Waals surface area contributed by atoms with E-state index >= 15 is 0 Å². The van der Waals surface area contributed by atoms with Crippen LogP contribution < -0.4 is 0 Å². The molecule has 0 aliphatic heterocycles. The Morgan fingerprint density at radius 1 is 0.731 bits per heavy atom. The quantitative estimate of drug-likeness (QED) is 0.237. The summed E-state index contributed by atoms with van der Waals surface area (Å²) in [5, 5.41) is 0.496. The van der Waals surface area contributed by atoms with Crippen molar-refractivity contribution in [2.45, 2.75) is 50.2 Å². The largest absolute Gasteiger partial charge is 0.217 e. The Balaban J connectivity index is 0. The van der Waals surface area contributed by atoms with Crippen LogP contribution in [0.25, 0.3) is 0 Å². The normalized spacial score (nSPS) is 10.6. The van der Waals surface area contributed by atoms with Gasteiger partial charge in [-0.15, -0.1) is 0 Å². The Morgan fingerprint density at radius 2 is 1.15 bits per heavy atom. The number of benzene rings is 2. The zero-order valence-corrected chi connectivity index (χ0v) is 21.9. The van der Waals surface area contributed by atoms with Gasteiger partial charge in [0.05, 0.1) is 0 Å². The zero-order chi connectivity index (χ0) is 18.5. The maximum Gasteiger partial charge on any atom is 0.217 e. The smallest absolute Gasteiger partial charge is 0.0839 e. The average Bonchev–Trinajstić information content (AvgIpc) is 2.46. The van der Waals surface area contributed by atoms with Gasteiger partial charge >= 0.3 is 0 Å². The van der Waals surface area contributed by atoms with Crippen molar-refractivity contribution in [1.82, 2.24) is 0 Å². The first-order valence-electron chi connectivity index (χ1n) is 7.95. The Hall–Kier alpha value is 0.847. The van der Waals surface area contributed by atoms with E-state index in [2.05, 4.69) is 58.9 Å². The average molecular weight is 608 g/mol. The van der Waals surface area contributed by atoms with E-state index in [9.17, 15) is 0 Å². The molecular formula is C20H24Cl4Ru2. The zero-order valence-electron chi connectivity index (χ0n) is 15.4. The van der Waals surface area contributed by atoms with Crippen LogP contribution in [0.5, 0.6) is 0 Å². The van der Waals surface area contributed by atoms with Gasteiger partial charge in [-0.3, -0.25) is 0 Å². The molecule has 0 aromatic heterocycles. The molecule has 0 saturated carbocycles. The second-order valence-corrected chi connectivity index (χ2v) is 9.15. The summed E-state index contributed by atoms with van der Waals surface area (Å²) in [6.45, 7) is 10.7. The van der Waals surface area contributed by atoms with Crippen molar-refractivity contribution in [3.63, 3.8) is 0 Å². The van der Waals surface area contributed by atoms with Crippen LogP contribution in [-0.2, 0) is 42.7 Å². The molecule has 0 nitrogen and oxygen atoms in total. The number of halogens is 4. The van der Waals surface area contributed by atoms with E-state index in [-0.39, 0.29) is 39.0 Å². The maximum absolute atomic E-state index is 6.00. The van der Waals surface area contributed by atoms with Gasteiger partial charge in [0.2, 0.25) is 3.79 Å². The Labute approximate surface area is 203 Å². The van der Waals surface area contributed by atoms with E-state index in [4.69, 9.17) is 46.4 Å². The summed E-state index contributed by atoms with van der Waals surface area (Å²) in [6.07, 6.45) is 0. The number of aryl methyl sites for hydroxylation is 1. The fourth-order valence-electron chi connectivity index (χ4n) is 2.07. The third kappa shape index (κ3) is 9.86. The van der Waals surface area contributed by atoms with Crippen molar-refractivity contribution in [3.8, 4) is 0 Å². The molecule has 0 N–H and O–H groups in total. The molecule has 0 amide bonds. The second kappa shape index (κ2) is 13.1. The van der Waals surface area contributed by atoms with Gasteiger partial charge in [0.25, 0.3) is 0 Å². The molecule has 0 saturated heterocycles. The maximum atomic E-state index is 6.00. The van der Waals surface area contributed by atoms with E-state index in [1.807, 2.05) is 12.1 Å². The summed E-state index contributed by atoms with van der Waals surface area (Å²) in [7, 11) is 0. The molecule has 0 atom stereocenters. The van der Waals surface area contributed by atoms with E-state index in [0.717, 1.165) is 5.56 Å². The van der Waals surface area contributed by atoms with Crippen LogP contribution >= 0.6 is 46.4 Å². The van der Waals surface area contributed by atoms with Gasteiger partial charge < -0.3 is 0 Å². The van der Waals surface area contributed by atoms with Gasteiger partial charge in [0.15, 0.2) is 0 Å². The molecule has 0 aliphatic rings. The van der Waals surface area contributed by atoms with Crippen molar-refractivity contribution < 1.29 is 39.0 Å². The van der Waals surface area contributed by atoms with Crippen LogP contribution in [0.1, 0.15) is 61.8 Å². The molecular weight excluding hydrogens is 584 g/mol. The van der Waals surface area contributed by atoms with E-state index in [0.29, 0.717) is 22.4 Å². The first-order chi connectivity index (χ1) is 11.0. The monoisotopic (exact) mass is 608 g/mol. The summed E-state index contributed by atoms with van der Waals surface area (Å²) in [5.41, 5.74) is 4.41. The summed E-state index contributed by atoms with van der Waals surface area (Å²) >= 11 is 23.2. The van der Waals surface area contributed by atoms with Gasteiger partial charge in [-0.2, -0.15) is 0 Å². The third-order valence-corrected chi connectivity index (χ3v) is 4.63. The van der Waals surface area contributed by atoms with E-state index in [1.165, 1.54) is 11.1 Å². The number of hydrogen-bond acceptors (Lipinski definition) is 0. The molecule has 6 heteroatoms. The van der Waals surface area contributed by atoms with Crippen LogP contribution in [0, 0.1) is 6.92 Å². The third-order valence-electron chi connectivity index (χ3n) is 3.71. The van der Waals surface area contributed by atoms with Gasteiger partial charge in [-0.25, -0.2) is 0 Å². The van der Waals surface area contributed by atoms with Crippen LogP contribution in [0.15, 0.2) is 42.5 Å². The Bertz CT molecular complexity index is 648. The summed E-state index contributed by atoms with van der Waals surface area (Å²) in [6, 6.07) is 14.2. The minimum atomic E-state index is -1.45. The van der Waals surface area contributed by atoms with Crippen molar-refractivity contribution in [2.75, 3.05) is 0 Å². The second-order valence-electron chi connectivity index (χ2n) is 6.46. The van der Waals surface area contributed by atoms with Crippen LogP contribution in [0.3, 0.4) is 0 Å². The molecule has 2 aromatic carbocycles. The van der Waals surface area contributed by atoms with Gasteiger partial charge in [0.1, 0.15) is 0 Å². The Morgan fingerprint density at radius 3 is 1.50 bits per heavy atom. The molecule has 148 valence electrons. The van der Waals surface area contributed by atoms with E-state index in [1.54, 1.807) is 6.07 Å². The molecule has 0 unspecified atom stereocenters. The summed E-state index contributed by atoms with van der Waals surface area (Å²) in [5.74, 6) is 1.07. The van der Waals surface area contributed by atoms with Crippen LogP contribution in [-0.4, -0.2) is 0 Å². The predicted octanol–water partition coefficient (Wildman–Crippen LogP) is 8.40. The minimum absolute atomic E-state index is 0. The molecule has 0 heterocycles. The number of hydrogen-bond donors (Lipinski definition) is 0. The first kappa shape index (κ1) is 29.1. The van der Waals surface area contributed by atoms with Crippen LogP contribution in [0.4, 0.5) is 0 Å². The van der Waals surface area contributed by atoms with Gasteiger partial charge in [-0.05, 0) is 36.0 Å². The molecule has 26 heavy (non-hydrogen) atoms. The number of alkyl halides is 3. The van der Waals surface area contributed by atoms with E-state index < -0.39 is 3.79 Å². The molecule has 2 rings (SSSR count). The molecule has 0 aliphatic carbocycles. The molecule has 0 radical (unpaired) electrons. The molecule has 2 aromatic rings. The summed E-state index contributed by atoms with van der Waals surface area (Å²) in [4.78, 5) is 0. The van der Waals surface area contributed by atoms with Crippen molar-refractivity contribution in [2.24, 2.45) is 0 Å². The SMILES string of the molecule is CC(C)c1ccc(C(Cl)(Cl)Cl)c(Cl)c1.Cc1ccc(C(C)C)cc1.[Ru].[Ru]. The first-order valence-corrected chi connectivity index (χ1v) is 9.46. The topological polar surface area (TPSA) is 0 Å². The molecule has 0 bridgehead atoms. The van der Waals surface area contributed by atoms with Crippen molar-refractivity contribution in [1.29, 1.82) is 0 Å². The number of rotatable bonds is 2. The van der Waals surface area contributed by atoms with Crippen LogP contribution in [0.2, 0.25) is 5.02 Å². The van der Waals surface area contributed by atoms with Crippen molar-refractivity contribution >= 4 is 46.4 Å².